The summed E-state index contributed by atoms with van der Waals surface area (Å²) in [6.45, 7) is 7.59. The minimum absolute atomic E-state index is 0.0779. The highest BCUT2D eigenvalue weighted by molar-refractivity contribution is 5.82. The maximum atomic E-state index is 12.9. The second kappa shape index (κ2) is 7.87. The fourth-order valence-corrected chi connectivity index (χ4v) is 5.04. The number of hydrogen-bond acceptors (Lipinski definition) is 5. The summed E-state index contributed by atoms with van der Waals surface area (Å²) in [5.74, 6) is 0.252. The molecule has 1 spiro atoms. The summed E-state index contributed by atoms with van der Waals surface area (Å²) >= 11 is 0. The molecule has 0 saturated carbocycles. The molecule has 1 amide bonds. The standard InChI is InChI=1S/C21H32N4O2/c1-16-13-19(23-22-16)20(26)25-9-7-21(8-10-25)15-24(11-12-27-2)14-17-5-3-4-6-18(17)21/h3-6,16,19,22-23H,7-15H2,1-2H3. The molecule has 2 unspecified atom stereocenters. The summed E-state index contributed by atoms with van der Waals surface area (Å²) in [6, 6.07) is 9.16. The van der Waals surface area contributed by atoms with E-state index < -0.39 is 0 Å². The molecule has 1 aromatic rings. The van der Waals surface area contributed by atoms with E-state index in [0.717, 1.165) is 58.6 Å². The molecule has 3 aliphatic heterocycles. The van der Waals surface area contributed by atoms with Crippen LogP contribution in [0.2, 0.25) is 0 Å². The van der Waals surface area contributed by atoms with Crippen LogP contribution in [-0.2, 0) is 21.5 Å². The van der Waals surface area contributed by atoms with Crippen LogP contribution in [0.15, 0.2) is 24.3 Å². The second-order valence-electron chi connectivity index (χ2n) is 8.44. The van der Waals surface area contributed by atoms with E-state index in [2.05, 4.69) is 51.8 Å². The maximum absolute atomic E-state index is 12.9. The Bertz CT molecular complexity index is 672. The zero-order chi connectivity index (χ0) is 18.9. The number of ether oxygens (including phenoxy) is 1. The summed E-state index contributed by atoms with van der Waals surface area (Å²) in [6.07, 6.45) is 2.94. The molecular formula is C21H32N4O2. The van der Waals surface area contributed by atoms with Gasteiger partial charge >= 0.3 is 0 Å². The molecule has 2 saturated heterocycles. The van der Waals surface area contributed by atoms with Gasteiger partial charge in [0.1, 0.15) is 6.04 Å². The first-order chi connectivity index (χ1) is 13.1. The van der Waals surface area contributed by atoms with E-state index in [1.807, 2.05) is 0 Å². The molecule has 2 atom stereocenters. The highest BCUT2D eigenvalue weighted by Crippen LogP contribution is 2.41. The van der Waals surface area contributed by atoms with Crippen molar-refractivity contribution in [3.8, 4) is 0 Å². The van der Waals surface area contributed by atoms with Crippen LogP contribution in [0.3, 0.4) is 0 Å². The van der Waals surface area contributed by atoms with Crippen LogP contribution < -0.4 is 10.9 Å². The third kappa shape index (κ3) is 3.76. The highest BCUT2D eigenvalue weighted by Gasteiger charge is 2.43. The average Bonchev–Trinajstić information content (AvgIpc) is 3.13. The molecule has 1 aromatic carbocycles. The number of fused-ring (bicyclic) bond motifs is 2. The Labute approximate surface area is 162 Å². The molecule has 148 valence electrons. The van der Waals surface area contributed by atoms with Crippen molar-refractivity contribution >= 4 is 5.91 Å². The van der Waals surface area contributed by atoms with Crippen LogP contribution in [-0.4, -0.2) is 67.7 Å². The minimum Gasteiger partial charge on any atom is -0.383 e. The lowest BCUT2D eigenvalue weighted by Gasteiger charge is -2.49. The number of hydrazine groups is 1. The maximum Gasteiger partial charge on any atom is 0.241 e. The fourth-order valence-electron chi connectivity index (χ4n) is 5.04. The number of carbonyl (C=O) groups excluding carboxylic acids is 1. The van der Waals surface area contributed by atoms with E-state index in [4.69, 9.17) is 4.74 Å². The van der Waals surface area contributed by atoms with E-state index in [9.17, 15) is 4.79 Å². The van der Waals surface area contributed by atoms with Gasteiger partial charge in [-0.05, 0) is 37.3 Å². The first-order valence-electron chi connectivity index (χ1n) is 10.2. The van der Waals surface area contributed by atoms with Gasteiger partial charge in [-0.15, -0.1) is 0 Å². The molecule has 0 aliphatic carbocycles. The van der Waals surface area contributed by atoms with Crippen LogP contribution in [0.1, 0.15) is 37.3 Å². The molecule has 2 N–H and O–H groups in total. The highest BCUT2D eigenvalue weighted by atomic mass is 16.5. The summed E-state index contributed by atoms with van der Waals surface area (Å²) in [4.78, 5) is 17.5. The molecular weight excluding hydrogens is 340 g/mol. The smallest absolute Gasteiger partial charge is 0.241 e. The van der Waals surface area contributed by atoms with Gasteiger partial charge in [0.25, 0.3) is 0 Å². The second-order valence-corrected chi connectivity index (χ2v) is 8.44. The van der Waals surface area contributed by atoms with Gasteiger partial charge < -0.3 is 9.64 Å². The van der Waals surface area contributed by atoms with Gasteiger partial charge in [-0.1, -0.05) is 24.3 Å². The van der Waals surface area contributed by atoms with Gasteiger partial charge in [-0.3, -0.25) is 15.1 Å². The van der Waals surface area contributed by atoms with Gasteiger partial charge in [0, 0.05) is 51.3 Å². The SMILES string of the molecule is COCCN1Cc2ccccc2C2(CCN(C(=O)C3CC(C)NN3)CC2)C1. The summed E-state index contributed by atoms with van der Waals surface area (Å²) in [7, 11) is 1.77. The predicted octanol–water partition coefficient (Wildman–Crippen LogP) is 1.26. The molecule has 3 aliphatic rings. The van der Waals surface area contributed by atoms with Gasteiger partial charge in [-0.25, -0.2) is 5.43 Å². The Balaban J connectivity index is 1.47. The van der Waals surface area contributed by atoms with E-state index >= 15 is 0 Å². The van der Waals surface area contributed by atoms with Crippen molar-refractivity contribution in [2.45, 2.75) is 50.2 Å². The number of piperidine rings is 1. The van der Waals surface area contributed by atoms with E-state index in [1.54, 1.807) is 7.11 Å². The Morgan fingerprint density at radius 1 is 1.26 bits per heavy atom. The number of methoxy groups -OCH3 is 1. The van der Waals surface area contributed by atoms with Crippen molar-refractivity contribution in [3.63, 3.8) is 0 Å². The summed E-state index contributed by atoms with van der Waals surface area (Å²) in [5.41, 5.74) is 9.43. The van der Waals surface area contributed by atoms with Crippen LogP contribution in [0.4, 0.5) is 0 Å². The number of hydrogen-bond donors (Lipinski definition) is 2. The largest absolute Gasteiger partial charge is 0.383 e. The van der Waals surface area contributed by atoms with Crippen molar-refractivity contribution in [2.75, 3.05) is 39.9 Å². The molecule has 4 rings (SSSR count). The van der Waals surface area contributed by atoms with Crippen LogP contribution >= 0.6 is 0 Å². The Morgan fingerprint density at radius 3 is 2.74 bits per heavy atom. The molecule has 3 heterocycles. The number of carbonyl (C=O) groups is 1. The van der Waals surface area contributed by atoms with Crippen LogP contribution in [0, 0.1) is 0 Å². The van der Waals surface area contributed by atoms with Crippen LogP contribution in [0.5, 0.6) is 0 Å². The minimum atomic E-state index is -0.0779. The first kappa shape index (κ1) is 18.9. The van der Waals surface area contributed by atoms with Gasteiger partial charge in [0.15, 0.2) is 0 Å². The molecule has 6 heteroatoms. The molecule has 0 bridgehead atoms. The Hall–Kier alpha value is -1.47. The molecule has 2 fully saturated rings. The van der Waals surface area contributed by atoms with Gasteiger partial charge in [0.2, 0.25) is 5.91 Å². The molecule has 0 aromatic heterocycles. The number of nitrogens with one attached hydrogen (secondary N) is 2. The topological polar surface area (TPSA) is 56.8 Å². The molecule has 0 radical (unpaired) electrons. The third-order valence-corrected chi connectivity index (χ3v) is 6.54. The molecule has 27 heavy (non-hydrogen) atoms. The lowest BCUT2D eigenvalue weighted by Crippen LogP contribution is -2.55. The van der Waals surface area contributed by atoms with E-state index in [-0.39, 0.29) is 17.4 Å². The number of likely N-dealkylation sites (tertiary alicyclic amines) is 1. The zero-order valence-electron chi connectivity index (χ0n) is 16.5. The van der Waals surface area contributed by atoms with Gasteiger partial charge in [-0.2, -0.15) is 0 Å². The van der Waals surface area contributed by atoms with Crippen molar-refractivity contribution in [2.24, 2.45) is 0 Å². The van der Waals surface area contributed by atoms with Crippen molar-refractivity contribution in [1.29, 1.82) is 0 Å². The quantitative estimate of drug-likeness (QED) is 0.834. The monoisotopic (exact) mass is 372 g/mol. The summed E-state index contributed by atoms with van der Waals surface area (Å²) in [5, 5.41) is 0. The van der Waals surface area contributed by atoms with E-state index in [1.165, 1.54) is 11.1 Å². The van der Waals surface area contributed by atoms with Gasteiger partial charge in [0.05, 0.1) is 6.61 Å². The Morgan fingerprint density at radius 2 is 2.04 bits per heavy atom. The lowest BCUT2D eigenvalue weighted by molar-refractivity contribution is -0.135. The fraction of sp³-hybridized carbons (Fsp3) is 0.667. The number of benzene rings is 1. The third-order valence-electron chi connectivity index (χ3n) is 6.54. The number of rotatable bonds is 4. The van der Waals surface area contributed by atoms with Crippen LogP contribution in [0.25, 0.3) is 0 Å². The first-order valence-corrected chi connectivity index (χ1v) is 10.2. The average molecular weight is 373 g/mol. The zero-order valence-corrected chi connectivity index (χ0v) is 16.5. The van der Waals surface area contributed by atoms with Crippen molar-refractivity contribution in [3.05, 3.63) is 35.4 Å². The Kier molecular flexibility index (Phi) is 5.50. The number of amides is 1. The molecule has 6 nitrogen and oxygen atoms in total. The van der Waals surface area contributed by atoms with E-state index in [0.29, 0.717) is 6.04 Å². The van der Waals surface area contributed by atoms with Crippen molar-refractivity contribution < 1.29 is 9.53 Å². The lowest BCUT2D eigenvalue weighted by atomic mass is 9.68. The van der Waals surface area contributed by atoms with Crippen molar-refractivity contribution in [1.82, 2.24) is 20.7 Å². The number of nitrogens with zero attached hydrogens (tertiary/aromatic N) is 2. The predicted molar refractivity (Wildman–Crippen MR) is 105 cm³/mol. The summed E-state index contributed by atoms with van der Waals surface area (Å²) < 4.78 is 5.32. The normalized spacial score (nSPS) is 27.7.